The third-order valence-electron chi connectivity index (χ3n) is 3.55. The van der Waals surface area contributed by atoms with Crippen molar-refractivity contribution in [2.24, 2.45) is 0 Å². The first-order valence-electron chi connectivity index (χ1n) is 7.72. The fourth-order valence-electron chi connectivity index (χ4n) is 2.37. The predicted octanol–water partition coefficient (Wildman–Crippen LogP) is 1.81. The van der Waals surface area contributed by atoms with E-state index in [1.54, 1.807) is 12.1 Å². The average Bonchev–Trinajstić information content (AvgIpc) is 2.60. The first kappa shape index (κ1) is 19.3. The first-order valence-corrected chi connectivity index (χ1v) is 7.72. The molecule has 2 rings (SSSR count). The van der Waals surface area contributed by atoms with E-state index in [1.807, 2.05) is 0 Å². The van der Waals surface area contributed by atoms with Crippen molar-refractivity contribution in [1.29, 1.82) is 0 Å². The van der Waals surface area contributed by atoms with Gasteiger partial charge in [-0.1, -0.05) is 6.07 Å². The van der Waals surface area contributed by atoms with Crippen LogP contribution < -0.4 is 10.1 Å². The second-order valence-corrected chi connectivity index (χ2v) is 5.51. The number of methoxy groups -OCH3 is 2. The normalized spacial score (nSPS) is 11.5. The van der Waals surface area contributed by atoms with E-state index in [-0.39, 0.29) is 18.4 Å². The number of aromatic nitrogens is 1. The molecule has 1 atom stereocenters. The number of amides is 1. The SMILES string of the molecule is COC(=O)[C@@H](Cc1ccc(OC)nc1)NC(=O)Cc1cc(F)cc(F)c1. The maximum absolute atomic E-state index is 13.2. The van der Waals surface area contributed by atoms with E-state index in [0.29, 0.717) is 11.4 Å². The third kappa shape index (κ3) is 5.51. The summed E-state index contributed by atoms with van der Waals surface area (Å²) < 4.78 is 36.1. The number of nitrogens with zero attached hydrogens (tertiary/aromatic N) is 1. The Morgan fingerprint density at radius 2 is 1.81 bits per heavy atom. The maximum atomic E-state index is 13.2. The van der Waals surface area contributed by atoms with Gasteiger partial charge in [0.1, 0.15) is 17.7 Å². The minimum atomic E-state index is -0.957. The number of benzene rings is 1. The molecule has 0 unspecified atom stereocenters. The average molecular weight is 364 g/mol. The van der Waals surface area contributed by atoms with Crippen LogP contribution in [0.1, 0.15) is 11.1 Å². The Balaban J connectivity index is 2.06. The Morgan fingerprint density at radius 3 is 2.35 bits per heavy atom. The van der Waals surface area contributed by atoms with Crippen LogP contribution in [-0.4, -0.2) is 37.1 Å². The predicted molar refractivity (Wildman–Crippen MR) is 88.5 cm³/mol. The van der Waals surface area contributed by atoms with E-state index in [4.69, 9.17) is 9.47 Å². The van der Waals surface area contributed by atoms with Crippen molar-refractivity contribution in [1.82, 2.24) is 10.3 Å². The molecule has 0 saturated carbocycles. The van der Waals surface area contributed by atoms with Crippen LogP contribution in [-0.2, 0) is 27.2 Å². The number of pyridine rings is 1. The van der Waals surface area contributed by atoms with Crippen LogP contribution in [0.3, 0.4) is 0 Å². The zero-order valence-corrected chi connectivity index (χ0v) is 14.3. The Hall–Kier alpha value is -3.03. The summed E-state index contributed by atoms with van der Waals surface area (Å²) in [6.45, 7) is 0. The maximum Gasteiger partial charge on any atom is 0.328 e. The van der Waals surface area contributed by atoms with Gasteiger partial charge in [-0.05, 0) is 23.3 Å². The standard InChI is InChI=1S/C18H18F2N2O4/c1-25-17-4-3-11(10-21-17)7-15(18(24)26-2)22-16(23)8-12-5-13(19)9-14(20)6-12/h3-6,9-10,15H,7-8H2,1-2H3,(H,22,23)/t15-/m1/s1. The first-order chi connectivity index (χ1) is 12.4. The minimum absolute atomic E-state index is 0.146. The molecule has 6 nitrogen and oxygen atoms in total. The number of nitrogens with one attached hydrogen (secondary N) is 1. The summed E-state index contributed by atoms with van der Waals surface area (Å²) in [6.07, 6.45) is 1.39. The summed E-state index contributed by atoms with van der Waals surface area (Å²) in [5.74, 6) is -2.34. The summed E-state index contributed by atoms with van der Waals surface area (Å²) in [4.78, 5) is 28.1. The van der Waals surface area contributed by atoms with E-state index < -0.39 is 29.6 Å². The van der Waals surface area contributed by atoms with Crippen LogP contribution >= 0.6 is 0 Å². The fourth-order valence-corrected chi connectivity index (χ4v) is 2.37. The van der Waals surface area contributed by atoms with Crippen molar-refractivity contribution in [3.8, 4) is 5.88 Å². The van der Waals surface area contributed by atoms with Crippen molar-refractivity contribution in [3.63, 3.8) is 0 Å². The van der Waals surface area contributed by atoms with Gasteiger partial charge in [0.05, 0.1) is 20.6 Å². The second-order valence-electron chi connectivity index (χ2n) is 5.51. The number of halogens is 2. The summed E-state index contributed by atoms with van der Waals surface area (Å²) in [5.41, 5.74) is 0.841. The van der Waals surface area contributed by atoms with Gasteiger partial charge in [0.25, 0.3) is 0 Å². The molecule has 0 fully saturated rings. The van der Waals surface area contributed by atoms with Crippen LogP contribution in [0.25, 0.3) is 0 Å². The van der Waals surface area contributed by atoms with Crippen LogP contribution in [0.4, 0.5) is 8.78 Å². The quantitative estimate of drug-likeness (QED) is 0.759. The van der Waals surface area contributed by atoms with E-state index >= 15 is 0 Å². The molecular weight excluding hydrogens is 346 g/mol. The van der Waals surface area contributed by atoms with Crippen molar-refractivity contribution in [2.45, 2.75) is 18.9 Å². The van der Waals surface area contributed by atoms with Crippen molar-refractivity contribution in [2.75, 3.05) is 14.2 Å². The lowest BCUT2D eigenvalue weighted by Crippen LogP contribution is -2.43. The molecule has 138 valence electrons. The largest absolute Gasteiger partial charge is 0.481 e. The van der Waals surface area contributed by atoms with Gasteiger partial charge in [-0.2, -0.15) is 0 Å². The molecule has 0 saturated heterocycles. The smallest absolute Gasteiger partial charge is 0.328 e. The Kier molecular flexibility index (Phi) is 6.60. The van der Waals surface area contributed by atoms with Crippen molar-refractivity contribution < 1.29 is 27.8 Å². The molecule has 0 aliphatic rings. The van der Waals surface area contributed by atoms with E-state index in [2.05, 4.69) is 10.3 Å². The molecule has 1 amide bonds. The van der Waals surface area contributed by atoms with Gasteiger partial charge in [-0.3, -0.25) is 4.79 Å². The number of hydrogen-bond acceptors (Lipinski definition) is 5. The lowest BCUT2D eigenvalue weighted by atomic mass is 10.1. The highest BCUT2D eigenvalue weighted by molar-refractivity contribution is 5.85. The molecule has 1 heterocycles. The van der Waals surface area contributed by atoms with Gasteiger partial charge in [-0.15, -0.1) is 0 Å². The number of hydrogen-bond donors (Lipinski definition) is 1. The molecule has 0 aliphatic heterocycles. The molecule has 2 aromatic rings. The number of carbonyl (C=O) groups is 2. The van der Waals surface area contributed by atoms with E-state index in [0.717, 1.165) is 18.2 Å². The molecule has 0 radical (unpaired) electrons. The summed E-state index contributed by atoms with van der Waals surface area (Å²) in [6, 6.07) is 5.21. The molecule has 0 aliphatic carbocycles. The third-order valence-corrected chi connectivity index (χ3v) is 3.55. The zero-order chi connectivity index (χ0) is 19.1. The molecular formula is C18H18F2N2O4. The lowest BCUT2D eigenvalue weighted by molar-refractivity contribution is -0.145. The molecule has 8 heteroatoms. The minimum Gasteiger partial charge on any atom is -0.481 e. The van der Waals surface area contributed by atoms with Crippen molar-refractivity contribution >= 4 is 11.9 Å². The van der Waals surface area contributed by atoms with Gasteiger partial charge in [0.15, 0.2) is 0 Å². The summed E-state index contributed by atoms with van der Waals surface area (Å²) in [5, 5.41) is 2.51. The molecule has 1 aromatic heterocycles. The van der Waals surface area contributed by atoms with Crippen LogP contribution in [0.15, 0.2) is 36.5 Å². The second kappa shape index (κ2) is 8.89. The van der Waals surface area contributed by atoms with Crippen LogP contribution in [0, 0.1) is 11.6 Å². The van der Waals surface area contributed by atoms with Crippen LogP contribution in [0.5, 0.6) is 5.88 Å². The number of rotatable bonds is 7. The zero-order valence-electron chi connectivity index (χ0n) is 14.3. The number of ether oxygens (including phenoxy) is 2. The molecule has 0 bridgehead atoms. The topological polar surface area (TPSA) is 77.5 Å². The fraction of sp³-hybridized carbons (Fsp3) is 0.278. The highest BCUT2D eigenvalue weighted by atomic mass is 19.1. The molecule has 26 heavy (non-hydrogen) atoms. The van der Waals surface area contributed by atoms with Crippen molar-refractivity contribution in [3.05, 3.63) is 59.3 Å². The Labute approximate surface area is 149 Å². The van der Waals surface area contributed by atoms with Gasteiger partial charge in [0.2, 0.25) is 11.8 Å². The van der Waals surface area contributed by atoms with Crippen LogP contribution in [0.2, 0.25) is 0 Å². The highest BCUT2D eigenvalue weighted by Crippen LogP contribution is 2.11. The van der Waals surface area contributed by atoms with E-state index in [9.17, 15) is 18.4 Å². The highest BCUT2D eigenvalue weighted by Gasteiger charge is 2.22. The summed E-state index contributed by atoms with van der Waals surface area (Å²) in [7, 11) is 2.68. The molecule has 0 spiro atoms. The number of carbonyl (C=O) groups excluding carboxylic acids is 2. The Bertz CT molecular complexity index is 761. The monoisotopic (exact) mass is 364 g/mol. The van der Waals surface area contributed by atoms with Gasteiger partial charge < -0.3 is 14.8 Å². The lowest BCUT2D eigenvalue weighted by Gasteiger charge is -2.16. The Morgan fingerprint density at radius 1 is 1.12 bits per heavy atom. The molecule has 1 N–H and O–H groups in total. The van der Waals surface area contributed by atoms with Gasteiger partial charge in [-0.25, -0.2) is 18.6 Å². The molecule has 1 aromatic carbocycles. The van der Waals surface area contributed by atoms with E-state index in [1.165, 1.54) is 20.4 Å². The van der Waals surface area contributed by atoms with Gasteiger partial charge >= 0.3 is 5.97 Å². The summed E-state index contributed by atoms with van der Waals surface area (Å²) >= 11 is 0. The number of esters is 1. The van der Waals surface area contributed by atoms with Gasteiger partial charge in [0, 0.05) is 24.8 Å².